The summed E-state index contributed by atoms with van der Waals surface area (Å²) in [4.78, 5) is 21.7. The first kappa shape index (κ1) is 12.7. The summed E-state index contributed by atoms with van der Waals surface area (Å²) in [6, 6.07) is 5.66. The van der Waals surface area contributed by atoms with Gasteiger partial charge in [-0.1, -0.05) is 5.16 Å². The summed E-state index contributed by atoms with van der Waals surface area (Å²) in [5.74, 6) is -0.544. The van der Waals surface area contributed by atoms with Gasteiger partial charge in [0.15, 0.2) is 0 Å². The quantitative estimate of drug-likeness (QED) is 0.477. The number of hydrogen-bond acceptors (Lipinski definition) is 6. The first-order valence-electron chi connectivity index (χ1n) is 5.49. The molecule has 1 aromatic carbocycles. The van der Waals surface area contributed by atoms with Gasteiger partial charge in [0.05, 0.1) is 11.5 Å². The van der Waals surface area contributed by atoms with E-state index in [1.807, 2.05) is 0 Å². The van der Waals surface area contributed by atoms with Crippen LogP contribution in [0.15, 0.2) is 35.1 Å². The Morgan fingerprint density at radius 1 is 1.42 bits per heavy atom. The van der Waals surface area contributed by atoms with Gasteiger partial charge in [-0.05, 0) is 19.1 Å². The summed E-state index contributed by atoms with van der Waals surface area (Å²) < 4.78 is 9.62. The predicted molar refractivity (Wildman–Crippen MR) is 64.5 cm³/mol. The lowest BCUT2D eigenvalue weighted by Gasteiger charge is -2.01. The Balaban J connectivity index is 2.34. The molecule has 0 saturated carbocycles. The third-order valence-electron chi connectivity index (χ3n) is 2.42. The van der Waals surface area contributed by atoms with Crippen LogP contribution in [-0.4, -0.2) is 22.7 Å². The van der Waals surface area contributed by atoms with E-state index >= 15 is 0 Å². The highest BCUT2D eigenvalue weighted by Crippen LogP contribution is 2.24. The van der Waals surface area contributed by atoms with Crippen LogP contribution in [0.25, 0.3) is 11.3 Å². The van der Waals surface area contributed by atoms with Gasteiger partial charge in [-0.2, -0.15) is 0 Å². The Bertz CT molecular complexity index is 603. The molecule has 1 aromatic heterocycles. The third-order valence-corrected chi connectivity index (χ3v) is 2.42. The fraction of sp³-hybridized carbons (Fsp3) is 0.167. The van der Waals surface area contributed by atoms with Crippen LogP contribution in [0.5, 0.6) is 0 Å². The Morgan fingerprint density at radius 2 is 2.11 bits per heavy atom. The van der Waals surface area contributed by atoms with E-state index in [1.165, 1.54) is 30.5 Å². The van der Waals surface area contributed by atoms with E-state index in [0.717, 1.165) is 0 Å². The number of carbonyl (C=O) groups is 1. The van der Waals surface area contributed by atoms with Crippen LogP contribution in [0.4, 0.5) is 5.69 Å². The zero-order valence-corrected chi connectivity index (χ0v) is 10.0. The van der Waals surface area contributed by atoms with E-state index in [9.17, 15) is 14.9 Å². The number of nitro benzene ring substituents is 1. The lowest BCUT2D eigenvalue weighted by Crippen LogP contribution is -2.04. The number of esters is 1. The van der Waals surface area contributed by atoms with Crippen molar-refractivity contribution in [3.63, 3.8) is 0 Å². The molecule has 0 aliphatic carbocycles. The molecule has 98 valence electrons. The number of rotatable bonds is 4. The van der Waals surface area contributed by atoms with E-state index < -0.39 is 10.9 Å². The van der Waals surface area contributed by atoms with Gasteiger partial charge in [0, 0.05) is 17.7 Å². The molecule has 0 unspecified atom stereocenters. The average Bonchev–Trinajstić information content (AvgIpc) is 2.88. The summed E-state index contributed by atoms with van der Waals surface area (Å²) in [5.41, 5.74) is 0.997. The molecular weight excluding hydrogens is 252 g/mol. The zero-order valence-electron chi connectivity index (χ0n) is 10.0. The number of aromatic nitrogens is 1. The van der Waals surface area contributed by atoms with Gasteiger partial charge in [-0.3, -0.25) is 10.1 Å². The number of nitro groups is 1. The largest absolute Gasteiger partial charge is 0.462 e. The maximum Gasteiger partial charge on any atom is 0.343 e. The Morgan fingerprint density at radius 3 is 2.68 bits per heavy atom. The molecule has 0 aliphatic rings. The standard InChI is InChI=1S/C12H10N2O5/c1-2-18-12(15)10-7-19-13-11(10)8-3-5-9(6-4-8)14(16)17/h3-7H,2H2,1H3. The summed E-state index contributed by atoms with van der Waals surface area (Å²) in [6.45, 7) is 1.93. The molecule has 0 amide bonds. The molecule has 0 atom stereocenters. The van der Waals surface area contributed by atoms with Crippen molar-refractivity contribution in [2.45, 2.75) is 6.92 Å². The van der Waals surface area contributed by atoms with Crippen LogP contribution in [-0.2, 0) is 4.74 Å². The minimum atomic E-state index is -0.544. The topological polar surface area (TPSA) is 95.5 Å². The Kier molecular flexibility index (Phi) is 3.56. The predicted octanol–water partition coefficient (Wildman–Crippen LogP) is 2.43. The van der Waals surface area contributed by atoms with Crippen LogP contribution in [0, 0.1) is 10.1 Å². The number of benzene rings is 1. The molecule has 0 spiro atoms. The van der Waals surface area contributed by atoms with Gasteiger partial charge < -0.3 is 9.26 Å². The molecule has 7 nitrogen and oxygen atoms in total. The van der Waals surface area contributed by atoms with Crippen LogP contribution >= 0.6 is 0 Å². The van der Waals surface area contributed by atoms with E-state index in [4.69, 9.17) is 9.26 Å². The van der Waals surface area contributed by atoms with Crippen molar-refractivity contribution in [1.82, 2.24) is 5.16 Å². The van der Waals surface area contributed by atoms with Gasteiger partial charge in [0.1, 0.15) is 17.5 Å². The van der Waals surface area contributed by atoms with Gasteiger partial charge in [-0.25, -0.2) is 4.79 Å². The second-order valence-electron chi connectivity index (χ2n) is 3.60. The number of ether oxygens (including phenoxy) is 1. The second kappa shape index (κ2) is 5.30. The van der Waals surface area contributed by atoms with Crippen molar-refractivity contribution in [2.24, 2.45) is 0 Å². The molecule has 0 saturated heterocycles. The molecule has 2 rings (SSSR count). The van der Waals surface area contributed by atoms with Crippen LogP contribution in [0.1, 0.15) is 17.3 Å². The SMILES string of the molecule is CCOC(=O)c1conc1-c1ccc([N+](=O)[O-])cc1. The van der Waals surface area contributed by atoms with Crippen molar-refractivity contribution in [3.8, 4) is 11.3 Å². The lowest BCUT2D eigenvalue weighted by atomic mass is 10.1. The smallest absolute Gasteiger partial charge is 0.343 e. The molecular formula is C12H10N2O5. The number of hydrogen-bond donors (Lipinski definition) is 0. The van der Waals surface area contributed by atoms with Gasteiger partial charge >= 0.3 is 5.97 Å². The minimum absolute atomic E-state index is 0.0371. The van der Waals surface area contributed by atoms with E-state index in [0.29, 0.717) is 11.3 Å². The van der Waals surface area contributed by atoms with Crippen molar-refractivity contribution in [1.29, 1.82) is 0 Å². The molecule has 2 aromatic rings. The zero-order chi connectivity index (χ0) is 13.8. The molecule has 0 bridgehead atoms. The highest BCUT2D eigenvalue weighted by molar-refractivity contribution is 5.95. The van der Waals surface area contributed by atoms with Crippen molar-refractivity contribution in [2.75, 3.05) is 6.61 Å². The molecule has 0 aliphatic heterocycles. The molecule has 0 radical (unpaired) electrons. The summed E-state index contributed by atoms with van der Waals surface area (Å²) >= 11 is 0. The second-order valence-corrected chi connectivity index (χ2v) is 3.60. The minimum Gasteiger partial charge on any atom is -0.462 e. The molecule has 7 heteroatoms. The summed E-state index contributed by atoms with van der Waals surface area (Å²) in [7, 11) is 0. The number of non-ortho nitro benzene ring substituents is 1. The van der Waals surface area contributed by atoms with Crippen molar-refractivity contribution >= 4 is 11.7 Å². The van der Waals surface area contributed by atoms with Crippen LogP contribution in [0.3, 0.4) is 0 Å². The monoisotopic (exact) mass is 262 g/mol. The fourth-order valence-electron chi connectivity index (χ4n) is 1.54. The van der Waals surface area contributed by atoms with Gasteiger partial charge in [-0.15, -0.1) is 0 Å². The molecule has 19 heavy (non-hydrogen) atoms. The van der Waals surface area contributed by atoms with Gasteiger partial charge in [0.2, 0.25) is 0 Å². The Labute approximate surface area is 107 Å². The maximum atomic E-state index is 11.6. The van der Waals surface area contributed by atoms with E-state index in [2.05, 4.69) is 5.16 Å². The van der Waals surface area contributed by atoms with Crippen LogP contribution in [0.2, 0.25) is 0 Å². The number of carbonyl (C=O) groups excluding carboxylic acids is 1. The maximum absolute atomic E-state index is 11.6. The van der Waals surface area contributed by atoms with E-state index in [-0.39, 0.29) is 17.9 Å². The molecule has 0 N–H and O–H groups in total. The van der Waals surface area contributed by atoms with Crippen molar-refractivity contribution < 1.29 is 19.0 Å². The van der Waals surface area contributed by atoms with Gasteiger partial charge in [0.25, 0.3) is 5.69 Å². The first-order valence-corrected chi connectivity index (χ1v) is 5.49. The number of nitrogens with zero attached hydrogens (tertiary/aromatic N) is 2. The molecule has 1 heterocycles. The molecule has 0 fully saturated rings. The van der Waals surface area contributed by atoms with Crippen molar-refractivity contribution in [3.05, 3.63) is 46.2 Å². The average molecular weight is 262 g/mol. The highest BCUT2D eigenvalue weighted by atomic mass is 16.6. The lowest BCUT2D eigenvalue weighted by molar-refractivity contribution is -0.384. The first-order chi connectivity index (χ1) is 9.13. The van der Waals surface area contributed by atoms with Crippen LogP contribution < -0.4 is 0 Å². The normalized spacial score (nSPS) is 10.2. The van der Waals surface area contributed by atoms with E-state index in [1.54, 1.807) is 6.92 Å². The fourth-order valence-corrected chi connectivity index (χ4v) is 1.54. The highest BCUT2D eigenvalue weighted by Gasteiger charge is 2.19. The summed E-state index contributed by atoms with van der Waals surface area (Å²) in [5, 5.41) is 14.3. The summed E-state index contributed by atoms with van der Waals surface area (Å²) in [6.07, 6.45) is 1.19. The third kappa shape index (κ3) is 2.59. The Hall–Kier alpha value is -2.70.